The number of anilines is 2. The van der Waals surface area contributed by atoms with Crippen LogP contribution in [0.25, 0.3) is 0 Å². The Balaban J connectivity index is 0.00000111. The van der Waals surface area contributed by atoms with Crippen molar-refractivity contribution >= 4 is 50.8 Å². The van der Waals surface area contributed by atoms with Crippen LogP contribution in [0.2, 0.25) is 10.0 Å². The van der Waals surface area contributed by atoms with Crippen molar-refractivity contribution in [3.8, 4) is 6.07 Å². The minimum Gasteiger partial charge on any atom is -0.286 e. The first kappa shape index (κ1) is 32.4. The number of fused-ring (bicyclic) bond motifs is 1. The molecule has 41 heavy (non-hydrogen) atoms. The summed E-state index contributed by atoms with van der Waals surface area (Å²) in [5.74, 6) is 0.102. The van der Waals surface area contributed by atoms with Gasteiger partial charge in [-0.25, -0.2) is 18.3 Å². The van der Waals surface area contributed by atoms with E-state index in [-0.39, 0.29) is 29.2 Å². The summed E-state index contributed by atoms with van der Waals surface area (Å²) in [6.07, 6.45) is 4.75. The number of carbonyl (C=O) groups excluding carboxylic acids is 1. The average Bonchev–Trinajstić information content (AvgIpc) is 3.53. The Labute approximate surface area is 252 Å². The van der Waals surface area contributed by atoms with Crippen LogP contribution in [0.3, 0.4) is 0 Å². The molecule has 8 nitrogen and oxygen atoms in total. The lowest BCUT2D eigenvalue weighted by Gasteiger charge is -2.30. The second kappa shape index (κ2) is 14.1. The third-order valence-corrected chi connectivity index (χ3v) is 9.13. The summed E-state index contributed by atoms with van der Waals surface area (Å²) >= 11 is 12.4. The van der Waals surface area contributed by atoms with E-state index in [0.29, 0.717) is 47.2 Å². The molecule has 5 rings (SSSR count). The third kappa shape index (κ3) is 6.68. The SMILES string of the molecule is C=CC1CCN(S(=O)(=O)c2cnc3n2C(Cc2ccc(C#N)cc2)C(=O)N3c2cc(Cl)cc(Cl)c2)CC1.CC.CC. The lowest BCUT2D eigenvalue weighted by Crippen LogP contribution is -2.39. The molecule has 1 amide bonds. The van der Waals surface area contributed by atoms with Gasteiger partial charge in [-0.15, -0.1) is 6.58 Å². The van der Waals surface area contributed by atoms with Gasteiger partial charge in [0.15, 0.2) is 5.03 Å². The molecule has 0 radical (unpaired) electrons. The number of sulfonamides is 1. The van der Waals surface area contributed by atoms with Crippen molar-refractivity contribution in [2.75, 3.05) is 18.0 Å². The van der Waals surface area contributed by atoms with Gasteiger partial charge in [-0.3, -0.25) is 9.36 Å². The standard InChI is InChI=1S/C26H23Cl2N5O3S.2C2H6/c1-2-17-7-9-31(10-8-17)37(35,36)24-16-30-26-32(22-13-20(27)12-21(28)14-22)25(34)23(33(24)26)11-18-3-5-19(15-29)6-4-18;2*1-2/h2-6,12-14,16-17,23H,1,7-11H2;2*1-2H3. The van der Waals surface area contributed by atoms with Gasteiger partial charge in [-0.2, -0.15) is 9.57 Å². The number of halogens is 2. The minimum absolute atomic E-state index is 0.0397. The molecule has 2 aliphatic heterocycles. The number of benzene rings is 2. The van der Waals surface area contributed by atoms with E-state index in [1.54, 1.807) is 42.5 Å². The van der Waals surface area contributed by atoms with Gasteiger partial charge in [0.05, 0.1) is 23.5 Å². The van der Waals surface area contributed by atoms with Crippen molar-refractivity contribution < 1.29 is 13.2 Å². The number of rotatable bonds is 6. The van der Waals surface area contributed by atoms with Gasteiger partial charge in [0.25, 0.3) is 15.9 Å². The highest BCUT2D eigenvalue weighted by Gasteiger charge is 2.44. The molecule has 0 saturated carbocycles. The third-order valence-electron chi connectivity index (χ3n) is 6.81. The molecule has 0 N–H and O–H groups in total. The van der Waals surface area contributed by atoms with Crippen LogP contribution in [-0.2, 0) is 21.2 Å². The summed E-state index contributed by atoms with van der Waals surface area (Å²) in [5.41, 5.74) is 1.66. The number of nitrogens with zero attached hydrogens (tertiary/aromatic N) is 5. The second-order valence-corrected chi connectivity index (χ2v) is 11.8. The monoisotopic (exact) mass is 615 g/mol. The summed E-state index contributed by atoms with van der Waals surface area (Å²) in [6.45, 7) is 12.6. The van der Waals surface area contributed by atoms with Crippen molar-refractivity contribution in [3.63, 3.8) is 0 Å². The number of hydrogen-bond acceptors (Lipinski definition) is 5. The molecule has 1 aromatic heterocycles. The van der Waals surface area contributed by atoms with E-state index in [1.807, 2.05) is 33.8 Å². The molecule has 0 aliphatic carbocycles. The van der Waals surface area contributed by atoms with Gasteiger partial charge < -0.3 is 0 Å². The largest absolute Gasteiger partial charge is 0.286 e. The fourth-order valence-electron chi connectivity index (χ4n) is 4.86. The number of hydrogen-bond donors (Lipinski definition) is 0. The van der Waals surface area contributed by atoms with E-state index < -0.39 is 16.1 Å². The van der Waals surface area contributed by atoms with E-state index in [4.69, 9.17) is 28.5 Å². The molecule has 1 saturated heterocycles. The first-order chi connectivity index (χ1) is 19.7. The number of piperidine rings is 1. The van der Waals surface area contributed by atoms with Crippen LogP contribution in [0.4, 0.5) is 11.6 Å². The molecule has 1 unspecified atom stereocenters. The van der Waals surface area contributed by atoms with Crippen LogP contribution < -0.4 is 4.90 Å². The summed E-state index contributed by atoms with van der Waals surface area (Å²) in [5, 5.41) is 9.75. The quantitative estimate of drug-likeness (QED) is 0.274. The predicted octanol–water partition coefficient (Wildman–Crippen LogP) is 7.16. The zero-order valence-corrected chi connectivity index (χ0v) is 26.0. The van der Waals surface area contributed by atoms with Gasteiger partial charge in [-0.05, 0) is 54.7 Å². The lowest BCUT2D eigenvalue weighted by atomic mass is 9.99. The van der Waals surface area contributed by atoms with Crippen LogP contribution in [0.1, 0.15) is 57.7 Å². The highest BCUT2D eigenvalue weighted by Crippen LogP contribution is 2.42. The molecule has 3 aromatic rings. The Morgan fingerprint density at radius 3 is 2.17 bits per heavy atom. The number of imidazole rings is 1. The van der Waals surface area contributed by atoms with Gasteiger partial charge in [0.2, 0.25) is 5.95 Å². The Morgan fingerprint density at radius 2 is 1.63 bits per heavy atom. The maximum absolute atomic E-state index is 13.8. The smallest absolute Gasteiger partial charge is 0.260 e. The molecule has 2 aliphatic rings. The lowest BCUT2D eigenvalue weighted by molar-refractivity contribution is -0.119. The Morgan fingerprint density at radius 1 is 1.05 bits per heavy atom. The molecule has 11 heteroatoms. The maximum Gasteiger partial charge on any atom is 0.260 e. The normalized spacial score (nSPS) is 17.0. The fourth-order valence-corrected chi connectivity index (χ4v) is 6.97. The molecular formula is C30H35Cl2N5O3S. The summed E-state index contributed by atoms with van der Waals surface area (Å²) in [6, 6.07) is 12.8. The van der Waals surface area contributed by atoms with Crippen molar-refractivity contribution in [2.45, 2.75) is 58.0 Å². The molecule has 3 heterocycles. The van der Waals surface area contributed by atoms with Gasteiger partial charge in [-0.1, -0.05) is 69.1 Å². The average molecular weight is 617 g/mol. The number of amides is 1. The van der Waals surface area contributed by atoms with Gasteiger partial charge in [0.1, 0.15) is 6.04 Å². The van der Waals surface area contributed by atoms with E-state index in [1.165, 1.54) is 20.0 Å². The maximum atomic E-state index is 13.8. The zero-order valence-electron chi connectivity index (χ0n) is 23.7. The van der Waals surface area contributed by atoms with E-state index >= 15 is 0 Å². The highest BCUT2D eigenvalue weighted by molar-refractivity contribution is 7.89. The molecule has 0 bridgehead atoms. The van der Waals surface area contributed by atoms with E-state index in [2.05, 4.69) is 17.6 Å². The van der Waals surface area contributed by atoms with Crippen LogP contribution in [-0.4, -0.2) is 41.3 Å². The number of carbonyl (C=O) groups is 1. The van der Waals surface area contributed by atoms with E-state index in [0.717, 1.165) is 5.56 Å². The van der Waals surface area contributed by atoms with Crippen molar-refractivity contribution in [2.24, 2.45) is 5.92 Å². The Bertz CT molecular complexity index is 1500. The molecule has 218 valence electrons. The second-order valence-electron chi connectivity index (χ2n) is 9.07. The molecule has 2 aromatic carbocycles. The van der Waals surface area contributed by atoms with Crippen molar-refractivity contribution in [1.82, 2.24) is 13.9 Å². The zero-order chi connectivity index (χ0) is 30.3. The van der Waals surface area contributed by atoms with Gasteiger partial charge in [0, 0.05) is 29.6 Å². The fraction of sp³-hybridized carbons (Fsp3) is 0.367. The number of aromatic nitrogens is 2. The molecule has 1 atom stereocenters. The van der Waals surface area contributed by atoms with E-state index in [9.17, 15) is 13.2 Å². The Kier molecular flexibility index (Phi) is 11.2. The van der Waals surface area contributed by atoms with Gasteiger partial charge >= 0.3 is 0 Å². The van der Waals surface area contributed by atoms with Crippen LogP contribution in [0.5, 0.6) is 0 Å². The topological polar surface area (TPSA) is 99.3 Å². The highest BCUT2D eigenvalue weighted by atomic mass is 35.5. The first-order valence-electron chi connectivity index (χ1n) is 13.7. The number of nitriles is 1. The Hall–Kier alpha value is -3.16. The summed E-state index contributed by atoms with van der Waals surface area (Å²) < 4.78 is 30.5. The van der Waals surface area contributed by atoms with Crippen molar-refractivity contribution in [1.29, 1.82) is 5.26 Å². The molecule has 1 fully saturated rings. The van der Waals surface area contributed by atoms with Crippen LogP contribution in [0.15, 0.2) is 66.3 Å². The summed E-state index contributed by atoms with van der Waals surface area (Å²) in [7, 11) is -3.93. The molecule has 0 spiro atoms. The summed E-state index contributed by atoms with van der Waals surface area (Å²) in [4.78, 5) is 19.6. The molecular weight excluding hydrogens is 581 g/mol. The number of allylic oxidation sites excluding steroid dienone is 1. The van der Waals surface area contributed by atoms with Crippen molar-refractivity contribution in [3.05, 3.63) is 82.5 Å². The predicted molar refractivity (Wildman–Crippen MR) is 164 cm³/mol. The van der Waals surface area contributed by atoms with Crippen LogP contribution in [0, 0.1) is 17.2 Å². The minimum atomic E-state index is -3.93. The first-order valence-corrected chi connectivity index (χ1v) is 15.9. The van der Waals surface area contributed by atoms with Crippen LogP contribution >= 0.6 is 23.2 Å².